The molecule has 0 spiro atoms. The summed E-state index contributed by atoms with van der Waals surface area (Å²) in [4.78, 5) is 1.82. The summed E-state index contributed by atoms with van der Waals surface area (Å²) in [6.07, 6.45) is 1.49. The van der Waals surface area contributed by atoms with Gasteiger partial charge in [-0.1, -0.05) is 0 Å². The molecule has 1 aliphatic heterocycles. The number of alkyl halides is 1. The molecule has 1 aromatic rings. The van der Waals surface area contributed by atoms with Gasteiger partial charge in [-0.15, -0.1) is 5.10 Å². The van der Waals surface area contributed by atoms with Gasteiger partial charge in [-0.05, 0) is 25.0 Å². The van der Waals surface area contributed by atoms with Crippen molar-refractivity contribution < 1.29 is 9.13 Å². The molecular weight excluding hydrogens is 221 g/mol. The van der Waals surface area contributed by atoms with E-state index in [1.807, 2.05) is 24.1 Å². The van der Waals surface area contributed by atoms with Crippen LogP contribution in [0, 0.1) is 0 Å². The average molecular weight is 237 g/mol. The highest BCUT2D eigenvalue weighted by Gasteiger charge is 2.32. The van der Waals surface area contributed by atoms with E-state index in [2.05, 4.69) is 10.2 Å². The van der Waals surface area contributed by atoms with Gasteiger partial charge in [0.1, 0.15) is 6.17 Å². The lowest BCUT2D eigenvalue weighted by molar-refractivity contribution is 0.173. The normalized spacial score (nSPS) is 28.4. The van der Waals surface area contributed by atoms with E-state index in [-0.39, 0.29) is 12.6 Å². The van der Waals surface area contributed by atoms with E-state index >= 15 is 0 Å². The van der Waals surface area contributed by atoms with E-state index < -0.39 is 6.17 Å². The lowest BCUT2D eigenvalue weighted by Crippen LogP contribution is -2.39. The summed E-state index contributed by atoms with van der Waals surface area (Å²) >= 11 is 0. The second kappa shape index (κ2) is 4.22. The second-order valence-electron chi connectivity index (χ2n) is 4.82. The molecule has 1 saturated carbocycles. The molecule has 4 nitrogen and oxygen atoms in total. The van der Waals surface area contributed by atoms with Crippen LogP contribution in [0.1, 0.15) is 24.5 Å². The number of likely N-dealkylation sites (N-methyl/N-ethyl adjacent to an activating group) is 1. The molecule has 0 bridgehead atoms. The van der Waals surface area contributed by atoms with Crippen molar-refractivity contribution >= 4 is 5.82 Å². The largest absolute Gasteiger partial charge is 0.376 e. The molecule has 2 atom stereocenters. The zero-order chi connectivity index (χ0) is 11.8. The molecule has 3 rings (SSSR count). The smallest absolute Gasteiger partial charge is 0.151 e. The fourth-order valence-corrected chi connectivity index (χ4v) is 2.16. The van der Waals surface area contributed by atoms with E-state index in [4.69, 9.17) is 4.74 Å². The Bertz CT molecular complexity index is 393. The molecule has 1 aliphatic carbocycles. The number of hydrogen-bond donors (Lipinski definition) is 0. The van der Waals surface area contributed by atoms with Gasteiger partial charge in [0.15, 0.2) is 5.82 Å². The lowest BCUT2D eigenvalue weighted by atomic mass is 10.2. The molecule has 2 aliphatic rings. The van der Waals surface area contributed by atoms with Crippen molar-refractivity contribution in [2.45, 2.75) is 31.0 Å². The molecular formula is C12H16FN3O. The topological polar surface area (TPSA) is 38.2 Å². The fraction of sp³-hybridized carbons (Fsp3) is 0.667. The van der Waals surface area contributed by atoms with Crippen LogP contribution in [0.2, 0.25) is 0 Å². The van der Waals surface area contributed by atoms with E-state index in [9.17, 15) is 4.39 Å². The minimum Gasteiger partial charge on any atom is -0.376 e. The molecule has 5 heteroatoms. The molecule has 0 amide bonds. The molecule has 0 unspecified atom stereocenters. The Kier molecular flexibility index (Phi) is 2.70. The minimum atomic E-state index is -0.940. The Hall–Kier alpha value is -1.23. The van der Waals surface area contributed by atoms with Crippen LogP contribution >= 0.6 is 0 Å². The highest BCUT2D eigenvalue weighted by molar-refractivity contribution is 5.39. The Morgan fingerprint density at radius 1 is 1.29 bits per heavy atom. The monoisotopic (exact) mass is 237 g/mol. The summed E-state index contributed by atoms with van der Waals surface area (Å²) in [5.41, 5.74) is 1.06. The van der Waals surface area contributed by atoms with Crippen molar-refractivity contribution in [1.29, 1.82) is 0 Å². The third-order valence-corrected chi connectivity index (χ3v) is 3.51. The van der Waals surface area contributed by atoms with Crippen LogP contribution < -0.4 is 4.90 Å². The van der Waals surface area contributed by atoms with Crippen molar-refractivity contribution in [1.82, 2.24) is 10.2 Å². The fourth-order valence-electron chi connectivity index (χ4n) is 2.16. The van der Waals surface area contributed by atoms with Gasteiger partial charge < -0.3 is 9.64 Å². The number of nitrogens with zero attached hydrogens (tertiary/aromatic N) is 3. The zero-order valence-corrected chi connectivity index (χ0v) is 9.84. The number of aromatic nitrogens is 2. The summed E-state index contributed by atoms with van der Waals surface area (Å²) in [5, 5.41) is 8.38. The first-order chi connectivity index (χ1) is 8.25. The van der Waals surface area contributed by atoms with Crippen LogP contribution in [0.15, 0.2) is 12.1 Å². The highest BCUT2D eigenvalue weighted by atomic mass is 19.1. The van der Waals surface area contributed by atoms with Crippen LogP contribution in [0.3, 0.4) is 0 Å². The minimum absolute atomic E-state index is 0.183. The first-order valence-corrected chi connectivity index (χ1v) is 6.04. The molecule has 2 fully saturated rings. The van der Waals surface area contributed by atoms with E-state index in [0.717, 1.165) is 5.69 Å². The number of hydrogen-bond acceptors (Lipinski definition) is 4. The maximum Gasteiger partial charge on any atom is 0.151 e. The Labute approximate surface area is 99.8 Å². The van der Waals surface area contributed by atoms with Crippen LogP contribution in [-0.4, -0.2) is 42.7 Å². The Balaban J connectivity index is 1.73. The molecule has 92 valence electrons. The maximum atomic E-state index is 13.5. The Morgan fingerprint density at radius 3 is 2.65 bits per heavy atom. The number of halogens is 1. The summed E-state index contributed by atoms with van der Waals surface area (Å²) < 4.78 is 18.6. The molecule has 0 aromatic carbocycles. The van der Waals surface area contributed by atoms with Gasteiger partial charge >= 0.3 is 0 Å². The molecule has 1 saturated heterocycles. The number of ether oxygens (including phenoxy) is 1. The molecule has 0 N–H and O–H groups in total. The molecule has 0 radical (unpaired) electrons. The SMILES string of the molecule is CN(c1ccc(C2CC2)nn1)[C@@H]1COC[C@H]1F. The summed E-state index contributed by atoms with van der Waals surface area (Å²) in [5.74, 6) is 1.32. The maximum absolute atomic E-state index is 13.5. The van der Waals surface area contributed by atoms with Gasteiger partial charge in [-0.2, -0.15) is 5.10 Å². The van der Waals surface area contributed by atoms with Crippen LogP contribution in [0.4, 0.5) is 10.2 Å². The van der Waals surface area contributed by atoms with E-state index in [0.29, 0.717) is 18.3 Å². The van der Waals surface area contributed by atoms with Gasteiger partial charge in [0.2, 0.25) is 0 Å². The van der Waals surface area contributed by atoms with Gasteiger partial charge in [0.05, 0.1) is 24.9 Å². The summed E-state index contributed by atoms with van der Waals surface area (Å²) in [6, 6.07) is 3.68. The Morgan fingerprint density at radius 2 is 2.12 bits per heavy atom. The van der Waals surface area contributed by atoms with Gasteiger partial charge in [-0.25, -0.2) is 4.39 Å². The highest BCUT2D eigenvalue weighted by Crippen LogP contribution is 2.38. The first kappa shape index (κ1) is 10.9. The van der Waals surface area contributed by atoms with E-state index in [1.54, 1.807) is 0 Å². The van der Waals surface area contributed by atoms with Gasteiger partial charge in [0, 0.05) is 13.0 Å². The molecule has 2 heterocycles. The van der Waals surface area contributed by atoms with Crippen LogP contribution in [0.25, 0.3) is 0 Å². The van der Waals surface area contributed by atoms with Crippen molar-refractivity contribution in [3.63, 3.8) is 0 Å². The van der Waals surface area contributed by atoms with Gasteiger partial charge in [-0.3, -0.25) is 0 Å². The van der Waals surface area contributed by atoms with E-state index in [1.165, 1.54) is 12.8 Å². The first-order valence-electron chi connectivity index (χ1n) is 6.04. The van der Waals surface area contributed by atoms with Crippen LogP contribution in [0.5, 0.6) is 0 Å². The predicted octanol–water partition coefficient (Wildman–Crippen LogP) is 1.53. The lowest BCUT2D eigenvalue weighted by Gasteiger charge is -2.25. The summed E-state index contributed by atoms with van der Waals surface area (Å²) in [7, 11) is 1.84. The van der Waals surface area contributed by atoms with Crippen molar-refractivity contribution in [3.8, 4) is 0 Å². The molecule has 1 aromatic heterocycles. The third kappa shape index (κ3) is 2.11. The number of anilines is 1. The standard InChI is InChI=1S/C12H16FN3O/c1-16(11-7-17-6-9(11)13)12-5-4-10(14-15-12)8-2-3-8/h4-5,8-9,11H,2-3,6-7H2,1H3/t9-,11-/m1/s1. The van der Waals surface area contributed by atoms with Crippen molar-refractivity contribution in [3.05, 3.63) is 17.8 Å². The summed E-state index contributed by atoms with van der Waals surface area (Å²) in [6.45, 7) is 0.603. The second-order valence-corrected chi connectivity index (χ2v) is 4.82. The third-order valence-electron chi connectivity index (χ3n) is 3.51. The average Bonchev–Trinajstić information content (AvgIpc) is 3.12. The van der Waals surface area contributed by atoms with Crippen LogP contribution in [-0.2, 0) is 4.74 Å². The quantitative estimate of drug-likeness (QED) is 0.799. The predicted molar refractivity (Wildman–Crippen MR) is 61.9 cm³/mol. The van der Waals surface area contributed by atoms with Gasteiger partial charge in [0.25, 0.3) is 0 Å². The zero-order valence-electron chi connectivity index (χ0n) is 9.84. The van der Waals surface area contributed by atoms with Crippen molar-refractivity contribution in [2.24, 2.45) is 0 Å². The number of rotatable bonds is 3. The van der Waals surface area contributed by atoms with Crippen molar-refractivity contribution in [2.75, 3.05) is 25.2 Å². The molecule has 17 heavy (non-hydrogen) atoms.